The molecule has 0 saturated heterocycles. The molecule has 0 aliphatic heterocycles. The summed E-state index contributed by atoms with van der Waals surface area (Å²) < 4.78 is 4.89. The maximum absolute atomic E-state index is 9.65. The Morgan fingerprint density at radius 3 is 2.82 bits per heavy atom. The van der Waals surface area contributed by atoms with Crippen molar-refractivity contribution in [1.29, 1.82) is 0 Å². The lowest BCUT2D eigenvalue weighted by molar-refractivity contribution is 0.0563. The molecule has 2 nitrogen and oxygen atoms in total. The van der Waals surface area contributed by atoms with E-state index in [9.17, 15) is 5.11 Å². The molecule has 0 aliphatic carbocycles. The molecule has 1 N–H and O–H groups in total. The van der Waals surface area contributed by atoms with Crippen molar-refractivity contribution < 1.29 is 9.52 Å². The maximum Gasteiger partial charge on any atom is 0.0935 e. The van der Waals surface area contributed by atoms with Crippen molar-refractivity contribution in [2.24, 2.45) is 0 Å². The van der Waals surface area contributed by atoms with E-state index < -0.39 is 5.60 Å². The molecule has 1 rings (SSSR count). The van der Waals surface area contributed by atoms with E-state index in [4.69, 9.17) is 4.42 Å². The molecule has 0 amide bonds. The van der Waals surface area contributed by atoms with Crippen LogP contribution in [0.4, 0.5) is 0 Å². The second-order valence-corrected chi connectivity index (χ2v) is 3.16. The molecule has 0 aliphatic rings. The Hall–Kier alpha value is -0.760. The quantitative estimate of drug-likeness (QED) is 0.722. The van der Waals surface area contributed by atoms with Crippen LogP contribution in [0.25, 0.3) is 0 Å². The van der Waals surface area contributed by atoms with Crippen molar-refractivity contribution in [1.82, 2.24) is 0 Å². The lowest BCUT2D eigenvalue weighted by Crippen LogP contribution is -2.25. The molecule has 0 aromatic carbocycles. The van der Waals surface area contributed by atoms with Gasteiger partial charge in [-0.15, -0.1) is 0 Å². The van der Waals surface area contributed by atoms with Gasteiger partial charge in [0.2, 0.25) is 0 Å². The van der Waals surface area contributed by atoms with E-state index in [1.807, 2.05) is 19.9 Å². The van der Waals surface area contributed by atoms with Crippen LogP contribution in [0.2, 0.25) is 0 Å². The molecule has 0 fully saturated rings. The highest BCUT2D eigenvalue weighted by atomic mass is 16.3. The second-order valence-electron chi connectivity index (χ2n) is 3.16. The van der Waals surface area contributed by atoms with Gasteiger partial charge in [0, 0.05) is 6.42 Å². The zero-order valence-corrected chi connectivity index (χ0v) is 7.00. The normalized spacial score (nSPS) is 16.3. The van der Waals surface area contributed by atoms with Gasteiger partial charge < -0.3 is 9.52 Å². The third kappa shape index (κ3) is 2.39. The molecule has 11 heavy (non-hydrogen) atoms. The van der Waals surface area contributed by atoms with Crippen molar-refractivity contribution in [3.63, 3.8) is 0 Å². The van der Waals surface area contributed by atoms with Crippen LogP contribution in [-0.4, -0.2) is 10.7 Å². The Balaban J connectivity index is 2.56. The van der Waals surface area contributed by atoms with Gasteiger partial charge in [0.05, 0.1) is 18.1 Å². The average Bonchev–Trinajstić information content (AvgIpc) is 2.39. The van der Waals surface area contributed by atoms with Crippen molar-refractivity contribution in [2.75, 3.05) is 0 Å². The fourth-order valence-corrected chi connectivity index (χ4v) is 0.958. The first-order chi connectivity index (χ1) is 5.14. The van der Waals surface area contributed by atoms with Gasteiger partial charge in [-0.05, 0) is 25.0 Å². The fraction of sp³-hybridized carbons (Fsp3) is 0.556. The van der Waals surface area contributed by atoms with E-state index in [0.29, 0.717) is 6.42 Å². The van der Waals surface area contributed by atoms with Gasteiger partial charge in [-0.3, -0.25) is 0 Å². The molecule has 0 saturated carbocycles. The molecule has 1 aromatic heterocycles. The average molecular weight is 154 g/mol. The molecule has 1 aromatic rings. The van der Waals surface area contributed by atoms with Crippen LogP contribution in [0.5, 0.6) is 0 Å². The minimum atomic E-state index is -0.593. The van der Waals surface area contributed by atoms with E-state index in [1.165, 1.54) is 0 Å². The van der Waals surface area contributed by atoms with Crippen molar-refractivity contribution in [3.05, 3.63) is 24.2 Å². The number of hydrogen-bond donors (Lipinski definition) is 1. The zero-order valence-electron chi connectivity index (χ0n) is 7.00. The number of rotatable bonds is 3. The molecule has 0 bridgehead atoms. The highest BCUT2D eigenvalue weighted by molar-refractivity contribution is 5.08. The molecular weight excluding hydrogens is 140 g/mol. The van der Waals surface area contributed by atoms with Gasteiger partial charge in [-0.2, -0.15) is 0 Å². The minimum Gasteiger partial charge on any atom is -0.472 e. The highest BCUT2D eigenvalue weighted by Gasteiger charge is 2.18. The summed E-state index contributed by atoms with van der Waals surface area (Å²) in [6, 6.07) is 1.88. The predicted octanol–water partition coefficient (Wildman–Crippen LogP) is 1.98. The summed E-state index contributed by atoms with van der Waals surface area (Å²) in [6.45, 7) is 3.81. The van der Waals surface area contributed by atoms with Gasteiger partial charge in [-0.25, -0.2) is 0 Å². The maximum atomic E-state index is 9.65. The summed E-state index contributed by atoms with van der Waals surface area (Å²) in [5.41, 5.74) is 0.459. The lowest BCUT2D eigenvalue weighted by atomic mass is 9.96. The smallest absolute Gasteiger partial charge is 0.0935 e. The lowest BCUT2D eigenvalue weighted by Gasteiger charge is -2.19. The first-order valence-electron chi connectivity index (χ1n) is 3.87. The number of aliphatic hydroxyl groups is 1. The van der Waals surface area contributed by atoms with E-state index in [0.717, 1.165) is 12.0 Å². The van der Waals surface area contributed by atoms with Gasteiger partial charge >= 0.3 is 0 Å². The summed E-state index contributed by atoms with van der Waals surface area (Å²) in [4.78, 5) is 0. The van der Waals surface area contributed by atoms with Crippen LogP contribution in [0, 0.1) is 0 Å². The Bertz CT molecular complexity index is 199. The monoisotopic (exact) mass is 154 g/mol. The molecule has 0 spiro atoms. The molecular formula is C9H14O2. The first kappa shape index (κ1) is 8.34. The predicted molar refractivity (Wildman–Crippen MR) is 43.3 cm³/mol. The Morgan fingerprint density at radius 1 is 1.64 bits per heavy atom. The van der Waals surface area contributed by atoms with E-state index >= 15 is 0 Å². The van der Waals surface area contributed by atoms with Gasteiger partial charge in [0.1, 0.15) is 0 Å². The molecule has 62 valence electrons. The third-order valence-corrected chi connectivity index (χ3v) is 1.93. The Morgan fingerprint density at radius 2 is 2.36 bits per heavy atom. The van der Waals surface area contributed by atoms with Gasteiger partial charge in [0.25, 0.3) is 0 Å². The molecule has 0 radical (unpaired) electrons. The standard InChI is InChI=1S/C9H14O2/c1-3-9(2,10)6-8-4-5-11-7-8/h4-5,7,10H,3,6H2,1-2H3. The van der Waals surface area contributed by atoms with Crippen molar-refractivity contribution in [3.8, 4) is 0 Å². The minimum absolute atomic E-state index is 0.593. The highest BCUT2D eigenvalue weighted by Crippen LogP contribution is 2.16. The molecule has 1 atom stereocenters. The van der Waals surface area contributed by atoms with Crippen LogP contribution in [0.3, 0.4) is 0 Å². The zero-order chi connectivity index (χ0) is 8.32. The summed E-state index contributed by atoms with van der Waals surface area (Å²) in [7, 11) is 0. The van der Waals surface area contributed by atoms with Crippen LogP contribution in [-0.2, 0) is 6.42 Å². The number of hydrogen-bond acceptors (Lipinski definition) is 2. The molecule has 1 unspecified atom stereocenters. The number of furan rings is 1. The first-order valence-corrected chi connectivity index (χ1v) is 3.87. The SMILES string of the molecule is CCC(C)(O)Cc1ccoc1. The second kappa shape index (κ2) is 3.09. The van der Waals surface area contributed by atoms with E-state index in [2.05, 4.69) is 0 Å². The van der Waals surface area contributed by atoms with Gasteiger partial charge in [0.15, 0.2) is 0 Å². The topological polar surface area (TPSA) is 33.4 Å². The third-order valence-electron chi connectivity index (χ3n) is 1.93. The summed E-state index contributed by atoms with van der Waals surface area (Å²) in [5, 5.41) is 9.65. The van der Waals surface area contributed by atoms with Crippen LogP contribution < -0.4 is 0 Å². The van der Waals surface area contributed by atoms with E-state index in [1.54, 1.807) is 12.5 Å². The summed E-state index contributed by atoms with van der Waals surface area (Å²) in [5.74, 6) is 0. The molecule has 2 heteroatoms. The van der Waals surface area contributed by atoms with Crippen LogP contribution in [0.1, 0.15) is 25.8 Å². The summed E-state index contributed by atoms with van der Waals surface area (Å²) in [6.07, 6.45) is 4.73. The van der Waals surface area contributed by atoms with Crippen LogP contribution >= 0.6 is 0 Å². The van der Waals surface area contributed by atoms with Crippen molar-refractivity contribution in [2.45, 2.75) is 32.3 Å². The Labute approximate surface area is 66.8 Å². The van der Waals surface area contributed by atoms with Crippen molar-refractivity contribution >= 4 is 0 Å². The van der Waals surface area contributed by atoms with Crippen LogP contribution in [0.15, 0.2) is 23.0 Å². The molecule has 1 heterocycles. The Kier molecular flexibility index (Phi) is 2.35. The largest absolute Gasteiger partial charge is 0.472 e. The van der Waals surface area contributed by atoms with E-state index in [-0.39, 0.29) is 0 Å². The fourth-order valence-electron chi connectivity index (χ4n) is 0.958. The summed E-state index contributed by atoms with van der Waals surface area (Å²) >= 11 is 0. The van der Waals surface area contributed by atoms with Gasteiger partial charge in [-0.1, -0.05) is 6.92 Å².